The molecular formula is C26H27N3O3S. The van der Waals surface area contributed by atoms with Crippen molar-refractivity contribution in [3.05, 3.63) is 81.0 Å². The van der Waals surface area contributed by atoms with E-state index in [9.17, 15) is 9.59 Å². The van der Waals surface area contributed by atoms with Crippen LogP contribution in [0.3, 0.4) is 0 Å². The van der Waals surface area contributed by atoms with Crippen LogP contribution in [0.25, 0.3) is 0 Å². The number of benzene rings is 2. The molecule has 1 aromatic heterocycles. The first-order valence-electron chi connectivity index (χ1n) is 11.2. The highest BCUT2D eigenvalue weighted by Crippen LogP contribution is 2.33. The van der Waals surface area contributed by atoms with Gasteiger partial charge in [-0.15, -0.1) is 0 Å². The molecule has 1 saturated heterocycles. The summed E-state index contributed by atoms with van der Waals surface area (Å²) < 4.78 is 5.37. The second-order valence-electron chi connectivity index (χ2n) is 8.59. The lowest BCUT2D eigenvalue weighted by atomic mass is 10.1. The molecule has 7 heteroatoms. The zero-order chi connectivity index (χ0) is 22.9. The number of anilines is 1. The van der Waals surface area contributed by atoms with E-state index in [1.54, 1.807) is 24.5 Å². The van der Waals surface area contributed by atoms with Crippen LogP contribution in [-0.2, 0) is 13.1 Å². The summed E-state index contributed by atoms with van der Waals surface area (Å²) >= 11 is 1.57. The quantitative estimate of drug-likeness (QED) is 0.516. The van der Waals surface area contributed by atoms with Crippen molar-refractivity contribution in [1.82, 2.24) is 9.80 Å². The van der Waals surface area contributed by atoms with Gasteiger partial charge in [0.15, 0.2) is 0 Å². The van der Waals surface area contributed by atoms with Gasteiger partial charge in [0.05, 0.1) is 30.5 Å². The number of ether oxygens (including phenoxy) is 1. The minimum absolute atomic E-state index is 0.187. The number of fused-ring (bicyclic) bond motifs is 1. The van der Waals surface area contributed by atoms with Gasteiger partial charge in [-0.2, -0.15) is 11.3 Å². The summed E-state index contributed by atoms with van der Waals surface area (Å²) in [4.78, 5) is 32.3. The number of rotatable bonds is 6. The van der Waals surface area contributed by atoms with Crippen LogP contribution in [0.15, 0.2) is 53.2 Å². The van der Waals surface area contributed by atoms with E-state index in [4.69, 9.17) is 4.74 Å². The van der Waals surface area contributed by atoms with Crippen molar-refractivity contribution in [1.29, 1.82) is 0 Å². The van der Waals surface area contributed by atoms with Crippen LogP contribution in [0.2, 0.25) is 0 Å². The van der Waals surface area contributed by atoms with Crippen molar-refractivity contribution in [2.24, 2.45) is 0 Å². The van der Waals surface area contributed by atoms with Gasteiger partial charge >= 0.3 is 0 Å². The number of carbonyl (C=O) groups is 2. The largest absolute Gasteiger partial charge is 0.496 e. The number of aryl methyl sites for hydroxylation is 1. The van der Waals surface area contributed by atoms with Gasteiger partial charge in [0.1, 0.15) is 5.75 Å². The molecule has 0 unspecified atom stereocenters. The van der Waals surface area contributed by atoms with Crippen LogP contribution in [0.5, 0.6) is 5.75 Å². The summed E-state index contributed by atoms with van der Waals surface area (Å²) in [6.45, 7) is 6.71. The molecular weight excluding hydrogens is 434 g/mol. The number of amides is 2. The molecule has 5 rings (SSSR count). The summed E-state index contributed by atoms with van der Waals surface area (Å²) in [5.41, 5.74) is 5.34. The fraction of sp³-hybridized carbons (Fsp3) is 0.308. The molecule has 170 valence electrons. The third-order valence-corrected chi connectivity index (χ3v) is 7.21. The van der Waals surface area contributed by atoms with Gasteiger partial charge in [0.2, 0.25) is 0 Å². The molecule has 0 saturated carbocycles. The van der Waals surface area contributed by atoms with Crippen LogP contribution < -0.4 is 9.64 Å². The minimum Gasteiger partial charge on any atom is -0.496 e. The zero-order valence-corrected chi connectivity index (χ0v) is 19.7. The summed E-state index contributed by atoms with van der Waals surface area (Å²) in [6, 6.07) is 13.9. The van der Waals surface area contributed by atoms with E-state index in [-0.39, 0.29) is 11.8 Å². The van der Waals surface area contributed by atoms with Crippen molar-refractivity contribution in [2.45, 2.75) is 20.0 Å². The predicted molar refractivity (Wildman–Crippen MR) is 130 cm³/mol. The highest BCUT2D eigenvalue weighted by Gasteiger charge is 2.38. The van der Waals surface area contributed by atoms with E-state index in [0.29, 0.717) is 17.7 Å². The van der Waals surface area contributed by atoms with Crippen molar-refractivity contribution < 1.29 is 14.3 Å². The molecule has 3 aromatic rings. The number of hydrogen-bond acceptors (Lipinski definition) is 6. The summed E-state index contributed by atoms with van der Waals surface area (Å²) in [7, 11) is 1.70. The number of nitrogens with zero attached hydrogens (tertiary/aromatic N) is 3. The normalized spacial score (nSPS) is 16.4. The molecule has 6 nitrogen and oxygen atoms in total. The summed E-state index contributed by atoms with van der Waals surface area (Å²) in [5, 5.41) is 3.94. The van der Waals surface area contributed by atoms with Crippen molar-refractivity contribution >= 4 is 28.8 Å². The second-order valence-corrected chi connectivity index (χ2v) is 9.37. The first-order valence-corrected chi connectivity index (χ1v) is 12.1. The maximum atomic E-state index is 13.2. The minimum atomic E-state index is -0.198. The molecule has 0 bridgehead atoms. The fourth-order valence-electron chi connectivity index (χ4n) is 4.73. The highest BCUT2D eigenvalue weighted by atomic mass is 32.1. The molecule has 0 spiro atoms. The number of hydrogen-bond donors (Lipinski definition) is 0. The van der Waals surface area contributed by atoms with Crippen LogP contribution in [0, 0.1) is 6.92 Å². The number of thiophene rings is 1. The van der Waals surface area contributed by atoms with E-state index in [1.807, 2.05) is 35.0 Å². The van der Waals surface area contributed by atoms with E-state index in [0.717, 1.165) is 55.3 Å². The Bertz CT molecular complexity index is 1180. The third-order valence-electron chi connectivity index (χ3n) is 6.48. The Morgan fingerprint density at radius 3 is 2.45 bits per heavy atom. The van der Waals surface area contributed by atoms with Gasteiger partial charge in [-0.1, -0.05) is 18.2 Å². The molecule has 2 aromatic carbocycles. The smallest absolute Gasteiger partial charge is 0.263 e. The fourth-order valence-corrected chi connectivity index (χ4v) is 5.39. The Labute approximate surface area is 198 Å². The standard InChI is InChI=1S/C26H27N3O3S/c1-18-14-19(6-7-23(18)32-2)15-27-9-11-28(12-10-27)22-5-3-4-21-24(22)26(31)29(25(21)30)16-20-8-13-33-17-20/h3-8,13-14,17H,9-12,15-16H2,1-2H3. The molecule has 33 heavy (non-hydrogen) atoms. The van der Waals surface area contributed by atoms with E-state index in [2.05, 4.69) is 28.9 Å². The molecule has 3 heterocycles. The topological polar surface area (TPSA) is 53.1 Å². The number of carbonyl (C=O) groups excluding carboxylic acids is 2. The lowest BCUT2D eigenvalue weighted by Crippen LogP contribution is -2.46. The SMILES string of the molecule is COc1ccc(CN2CCN(c3cccc4c3C(=O)N(Cc3ccsc3)C4=O)CC2)cc1C. The average molecular weight is 462 g/mol. The molecule has 1 fully saturated rings. The number of piperazine rings is 1. The van der Waals surface area contributed by atoms with Gasteiger partial charge in [-0.25, -0.2) is 0 Å². The predicted octanol–water partition coefficient (Wildman–Crippen LogP) is 4.18. The summed E-state index contributed by atoms with van der Waals surface area (Å²) in [6.07, 6.45) is 0. The summed E-state index contributed by atoms with van der Waals surface area (Å²) in [5.74, 6) is 0.526. The maximum absolute atomic E-state index is 13.2. The molecule has 0 atom stereocenters. The average Bonchev–Trinajstić information content (AvgIpc) is 3.43. The van der Waals surface area contributed by atoms with Crippen LogP contribution in [-0.4, -0.2) is 54.9 Å². The molecule has 2 aliphatic rings. The Balaban J connectivity index is 1.28. The Morgan fingerprint density at radius 2 is 1.76 bits per heavy atom. The molecule has 0 aliphatic carbocycles. The van der Waals surface area contributed by atoms with Crippen molar-refractivity contribution in [3.8, 4) is 5.75 Å². The van der Waals surface area contributed by atoms with Gasteiger partial charge in [0.25, 0.3) is 11.8 Å². The zero-order valence-electron chi connectivity index (χ0n) is 18.9. The lowest BCUT2D eigenvalue weighted by Gasteiger charge is -2.36. The number of imide groups is 1. The number of methoxy groups -OCH3 is 1. The van der Waals surface area contributed by atoms with Crippen molar-refractivity contribution in [2.75, 3.05) is 38.2 Å². The van der Waals surface area contributed by atoms with E-state index >= 15 is 0 Å². The van der Waals surface area contributed by atoms with Crippen molar-refractivity contribution in [3.63, 3.8) is 0 Å². The first-order chi connectivity index (χ1) is 16.0. The van der Waals surface area contributed by atoms with Gasteiger partial charge in [0, 0.05) is 32.7 Å². The lowest BCUT2D eigenvalue weighted by molar-refractivity contribution is 0.0642. The molecule has 0 N–H and O–H groups in total. The Morgan fingerprint density at radius 1 is 0.939 bits per heavy atom. The maximum Gasteiger partial charge on any atom is 0.263 e. The first kappa shape index (κ1) is 21.7. The molecule has 0 radical (unpaired) electrons. The van der Waals surface area contributed by atoms with E-state index < -0.39 is 0 Å². The monoisotopic (exact) mass is 461 g/mol. The van der Waals surface area contributed by atoms with Gasteiger partial charge < -0.3 is 9.64 Å². The molecule has 2 aliphatic heterocycles. The highest BCUT2D eigenvalue weighted by molar-refractivity contribution is 7.07. The molecule has 2 amide bonds. The van der Waals surface area contributed by atoms with Crippen LogP contribution >= 0.6 is 11.3 Å². The van der Waals surface area contributed by atoms with Crippen LogP contribution in [0.4, 0.5) is 5.69 Å². The third kappa shape index (κ3) is 4.14. The van der Waals surface area contributed by atoms with Crippen LogP contribution in [0.1, 0.15) is 37.4 Å². The Hall–Kier alpha value is -3.16. The van der Waals surface area contributed by atoms with Gasteiger partial charge in [-0.05, 0) is 58.6 Å². The Kier molecular flexibility index (Phi) is 5.91. The van der Waals surface area contributed by atoms with Gasteiger partial charge in [-0.3, -0.25) is 19.4 Å². The second kappa shape index (κ2) is 9.00. The van der Waals surface area contributed by atoms with E-state index in [1.165, 1.54) is 10.5 Å².